The molecule has 16 heavy (non-hydrogen) atoms. The van der Waals surface area contributed by atoms with Crippen molar-refractivity contribution in [2.75, 3.05) is 6.54 Å². The molecule has 0 heterocycles. The van der Waals surface area contributed by atoms with E-state index in [1.807, 2.05) is 12.1 Å². The third-order valence-corrected chi connectivity index (χ3v) is 3.73. The average molecular weight is 238 g/mol. The highest BCUT2D eigenvalue weighted by Crippen LogP contribution is 2.35. The van der Waals surface area contributed by atoms with Gasteiger partial charge in [0.25, 0.3) is 0 Å². The molecule has 1 nitrogen and oxygen atoms in total. The van der Waals surface area contributed by atoms with Crippen LogP contribution in [0.2, 0.25) is 5.02 Å². The van der Waals surface area contributed by atoms with Crippen LogP contribution < -0.4 is 5.32 Å². The Morgan fingerprint density at radius 2 is 2.25 bits per heavy atom. The molecule has 2 heteroatoms. The minimum atomic E-state index is 0.481. The van der Waals surface area contributed by atoms with Crippen molar-refractivity contribution in [2.24, 2.45) is 5.92 Å². The summed E-state index contributed by atoms with van der Waals surface area (Å²) >= 11 is 6.05. The average Bonchev–Trinajstić information content (AvgIpc) is 2.21. The topological polar surface area (TPSA) is 12.0 Å². The van der Waals surface area contributed by atoms with Crippen LogP contribution in [0.5, 0.6) is 0 Å². The summed E-state index contributed by atoms with van der Waals surface area (Å²) in [7, 11) is 0. The molecule has 1 aromatic rings. The first kappa shape index (κ1) is 11.9. The van der Waals surface area contributed by atoms with E-state index in [0.29, 0.717) is 6.04 Å². The van der Waals surface area contributed by atoms with E-state index in [4.69, 9.17) is 11.6 Å². The normalized spacial score (nSPS) is 18.1. The van der Waals surface area contributed by atoms with E-state index >= 15 is 0 Å². The van der Waals surface area contributed by atoms with Gasteiger partial charge in [0.05, 0.1) is 0 Å². The van der Waals surface area contributed by atoms with Gasteiger partial charge in [-0.3, -0.25) is 0 Å². The Balaban J connectivity index is 2.04. The van der Waals surface area contributed by atoms with Crippen molar-refractivity contribution in [1.82, 2.24) is 5.32 Å². The first-order valence-corrected chi connectivity index (χ1v) is 6.66. The molecule has 1 aliphatic carbocycles. The SMILES string of the molecule is CCNC(CC1CCC1)c1cccc(Cl)c1. The van der Waals surface area contributed by atoms with E-state index in [9.17, 15) is 0 Å². The molecule has 88 valence electrons. The Bertz CT molecular complexity index is 333. The molecule has 0 radical (unpaired) electrons. The fourth-order valence-corrected chi connectivity index (χ4v) is 2.57. The van der Waals surface area contributed by atoms with Crippen LogP contribution in [0.1, 0.15) is 44.2 Å². The second-order valence-corrected chi connectivity index (χ2v) is 5.13. The second-order valence-electron chi connectivity index (χ2n) is 4.70. The molecule has 1 fully saturated rings. The van der Waals surface area contributed by atoms with Crippen LogP contribution in [0.4, 0.5) is 0 Å². The quantitative estimate of drug-likeness (QED) is 0.810. The molecule has 0 amide bonds. The Morgan fingerprint density at radius 1 is 1.44 bits per heavy atom. The molecule has 1 saturated carbocycles. The highest BCUT2D eigenvalue weighted by Gasteiger charge is 2.22. The molecule has 2 rings (SSSR count). The molecule has 1 N–H and O–H groups in total. The van der Waals surface area contributed by atoms with Gasteiger partial charge in [-0.15, -0.1) is 0 Å². The maximum absolute atomic E-state index is 6.05. The lowest BCUT2D eigenvalue weighted by Crippen LogP contribution is -2.25. The monoisotopic (exact) mass is 237 g/mol. The standard InChI is InChI=1S/C14H20ClN/c1-2-16-14(9-11-5-3-6-11)12-7-4-8-13(15)10-12/h4,7-8,10-11,14,16H,2-3,5-6,9H2,1H3. The maximum atomic E-state index is 6.05. The van der Waals surface area contributed by atoms with E-state index < -0.39 is 0 Å². The Labute approximate surface area is 103 Å². The van der Waals surface area contributed by atoms with Gasteiger partial charge in [-0.05, 0) is 36.6 Å². The molecule has 1 unspecified atom stereocenters. The molecule has 0 saturated heterocycles. The van der Waals surface area contributed by atoms with Crippen LogP contribution in [0.25, 0.3) is 0 Å². The van der Waals surface area contributed by atoms with Gasteiger partial charge in [0.15, 0.2) is 0 Å². The van der Waals surface area contributed by atoms with Crippen LogP contribution >= 0.6 is 11.6 Å². The maximum Gasteiger partial charge on any atom is 0.0409 e. The summed E-state index contributed by atoms with van der Waals surface area (Å²) in [5.74, 6) is 0.919. The van der Waals surface area contributed by atoms with E-state index in [0.717, 1.165) is 17.5 Å². The van der Waals surface area contributed by atoms with Gasteiger partial charge in [0.2, 0.25) is 0 Å². The van der Waals surface area contributed by atoms with Crippen molar-refractivity contribution in [3.8, 4) is 0 Å². The molecule has 1 atom stereocenters. The van der Waals surface area contributed by atoms with Crippen molar-refractivity contribution < 1.29 is 0 Å². The molecule has 1 aromatic carbocycles. The van der Waals surface area contributed by atoms with Gasteiger partial charge in [0.1, 0.15) is 0 Å². The van der Waals surface area contributed by atoms with E-state index in [1.54, 1.807) is 0 Å². The first-order chi connectivity index (χ1) is 7.79. The summed E-state index contributed by atoms with van der Waals surface area (Å²) in [4.78, 5) is 0. The minimum absolute atomic E-state index is 0.481. The fraction of sp³-hybridized carbons (Fsp3) is 0.571. The largest absolute Gasteiger partial charge is 0.310 e. The molecule has 0 bridgehead atoms. The summed E-state index contributed by atoms with van der Waals surface area (Å²) in [5.41, 5.74) is 1.33. The van der Waals surface area contributed by atoms with Crippen LogP contribution in [-0.4, -0.2) is 6.54 Å². The van der Waals surface area contributed by atoms with Gasteiger partial charge in [-0.1, -0.05) is 49.9 Å². The first-order valence-electron chi connectivity index (χ1n) is 6.28. The van der Waals surface area contributed by atoms with Crippen molar-refractivity contribution in [3.05, 3.63) is 34.9 Å². The number of halogens is 1. The van der Waals surface area contributed by atoms with Gasteiger partial charge >= 0.3 is 0 Å². The summed E-state index contributed by atoms with van der Waals surface area (Å²) in [5, 5.41) is 4.41. The third-order valence-electron chi connectivity index (χ3n) is 3.50. The van der Waals surface area contributed by atoms with Gasteiger partial charge in [-0.25, -0.2) is 0 Å². The zero-order valence-corrected chi connectivity index (χ0v) is 10.6. The predicted molar refractivity (Wildman–Crippen MR) is 69.8 cm³/mol. The molecular formula is C14H20ClN. The lowest BCUT2D eigenvalue weighted by Gasteiger charge is -2.30. The summed E-state index contributed by atoms with van der Waals surface area (Å²) in [6, 6.07) is 8.74. The second kappa shape index (κ2) is 5.70. The lowest BCUT2D eigenvalue weighted by molar-refractivity contribution is 0.262. The molecule has 1 aliphatic rings. The smallest absolute Gasteiger partial charge is 0.0409 e. The fourth-order valence-electron chi connectivity index (χ4n) is 2.37. The lowest BCUT2D eigenvalue weighted by atomic mass is 9.79. The number of hydrogen-bond acceptors (Lipinski definition) is 1. The van der Waals surface area contributed by atoms with Crippen LogP contribution in [-0.2, 0) is 0 Å². The van der Waals surface area contributed by atoms with Crippen LogP contribution in [0, 0.1) is 5.92 Å². The minimum Gasteiger partial charge on any atom is -0.310 e. The number of hydrogen-bond donors (Lipinski definition) is 1. The Hall–Kier alpha value is -0.530. The van der Waals surface area contributed by atoms with Crippen molar-refractivity contribution >= 4 is 11.6 Å². The number of rotatable bonds is 5. The Morgan fingerprint density at radius 3 is 2.81 bits per heavy atom. The van der Waals surface area contributed by atoms with Gasteiger partial charge < -0.3 is 5.32 Å². The van der Waals surface area contributed by atoms with E-state index in [1.165, 1.54) is 31.2 Å². The highest BCUT2D eigenvalue weighted by molar-refractivity contribution is 6.30. The summed E-state index contributed by atoms with van der Waals surface area (Å²) in [6.45, 7) is 3.18. The summed E-state index contributed by atoms with van der Waals surface area (Å²) in [6.07, 6.45) is 5.48. The van der Waals surface area contributed by atoms with Gasteiger partial charge in [0, 0.05) is 11.1 Å². The molecular weight excluding hydrogens is 218 g/mol. The zero-order chi connectivity index (χ0) is 11.4. The molecule has 0 spiro atoms. The third kappa shape index (κ3) is 2.99. The Kier molecular flexibility index (Phi) is 4.25. The van der Waals surface area contributed by atoms with Crippen molar-refractivity contribution in [2.45, 2.75) is 38.6 Å². The summed E-state index contributed by atoms with van der Waals surface area (Å²) < 4.78 is 0. The van der Waals surface area contributed by atoms with Crippen LogP contribution in [0.3, 0.4) is 0 Å². The van der Waals surface area contributed by atoms with Crippen molar-refractivity contribution in [3.63, 3.8) is 0 Å². The molecule has 0 aliphatic heterocycles. The number of nitrogens with one attached hydrogen (secondary N) is 1. The zero-order valence-electron chi connectivity index (χ0n) is 9.88. The molecule has 0 aromatic heterocycles. The highest BCUT2D eigenvalue weighted by atomic mass is 35.5. The van der Waals surface area contributed by atoms with E-state index in [2.05, 4.69) is 24.4 Å². The van der Waals surface area contributed by atoms with Crippen molar-refractivity contribution in [1.29, 1.82) is 0 Å². The number of benzene rings is 1. The van der Waals surface area contributed by atoms with Crippen LogP contribution in [0.15, 0.2) is 24.3 Å². The predicted octanol–water partition coefficient (Wildman–Crippen LogP) is 4.18. The van der Waals surface area contributed by atoms with E-state index in [-0.39, 0.29) is 0 Å². The van der Waals surface area contributed by atoms with Gasteiger partial charge in [-0.2, -0.15) is 0 Å².